The van der Waals surface area contributed by atoms with Crippen LogP contribution in [-0.2, 0) is 22.5 Å². The molecule has 5 heteroatoms. The average molecular weight is 344 g/mol. The predicted molar refractivity (Wildman–Crippen MR) is 96.3 cm³/mol. The molecule has 1 aromatic carbocycles. The van der Waals surface area contributed by atoms with Crippen LogP contribution in [0.4, 0.5) is 4.79 Å². The van der Waals surface area contributed by atoms with E-state index in [-0.39, 0.29) is 29.7 Å². The Morgan fingerprint density at radius 2 is 2.04 bits per heavy atom. The molecule has 3 atom stereocenters. The molecule has 2 aliphatic rings. The highest BCUT2D eigenvalue weighted by Gasteiger charge is 2.42. The first-order valence-electron chi connectivity index (χ1n) is 9.23. The lowest BCUT2D eigenvalue weighted by Gasteiger charge is -2.30. The molecular formula is C20H28N2O3. The minimum absolute atomic E-state index is 0.0572. The largest absolute Gasteiger partial charge is 0.447 e. The van der Waals surface area contributed by atoms with Gasteiger partial charge in [0, 0.05) is 12.5 Å². The first-order valence-corrected chi connectivity index (χ1v) is 9.23. The number of nitrogens with one attached hydrogen (secondary N) is 1. The number of hydrogen-bond donors (Lipinski definition) is 1. The van der Waals surface area contributed by atoms with Crippen LogP contribution in [0.3, 0.4) is 0 Å². The van der Waals surface area contributed by atoms with Crippen molar-refractivity contribution >= 4 is 12.0 Å². The van der Waals surface area contributed by atoms with Crippen LogP contribution in [0.2, 0.25) is 0 Å². The van der Waals surface area contributed by atoms with Gasteiger partial charge in [0.05, 0.1) is 6.04 Å². The molecule has 1 fully saturated rings. The fourth-order valence-electron chi connectivity index (χ4n) is 3.87. The van der Waals surface area contributed by atoms with E-state index in [2.05, 4.69) is 30.4 Å². The highest BCUT2D eigenvalue weighted by atomic mass is 16.6. The first-order chi connectivity index (χ1) is 11.9. The number of fused-ring (bicyclic) bond motifs is 1. The molecule has 3 rings (SSSR count). The number of cyclic esters (lactones) is 1. The summed E-state index contributed by atoms with van der Waals surface area (Å²) in [4.78, 5) is 26.5. The lowest BCUT2D eigenvalue weighted by molar-refractivity contribution is -0.134. The number of carbonyl (C=O) groups is 2. The Morgan fingerprint density at radius 1 is 1.28 bits per heavy atom. The van der Waals surface area contributed by atoms with Crippen LogP contribution < -0.4 is 5.32 Å². The molecule has 2 aliphatic heterocycles. The second-order valence-electron chi connectivity index (χ2n) is 7.59. The predicted octanol–water partition coefficient (Wildman–Crippen LogP) is 3.08. The molecule has 0 saturated carbocycles. The molecule has 0 radical (unpaired) electrons. The van der Waals surface area contributed by atoms with Gasteiger partial charge < -0.3 is 10.1 Å². The second-order valence-corrected chi connectivity index (χ2v) is 7.59. The first kappa shape index (κ1) is 17.9. The number of amides is 2. The second kappa shape index (κ2) is 7.16. The van der Waals surface area contributed by atoms with E-state index in [1.165, 1.54) is 21.6 Å². The summed E-state index contributed by atoms with van der Waals surface area (Å²) >= 11 is 0. The van der Waals surface area contributed by atoms with Crippen molar-refractivity contribution in [2.45, 2.75) is 52.6 Å². The summed E-state index contributed by atoms with van der Waals surface area (Å²) in [6.45, 7) is 10.2. The number of hydrogen-bond acceptors (Lipinski definition) is 4. The molecule has 1 saturated heterocycles. The zero-order chi connectivity index (χ0) is 18.1. The highest BCUT2D eigenvalue weighted by molar-refractivity contribution is 5.95. The Bertz CT molecular complexity index is 671. The van der Waals surface area contributed by atoms with Crippen LogP contribution in [0, 0.1) is 11.8 Å². The van der Waals surface area contributed by atoms with Crippen LogP contribution in [-0.4, -0.2) is 36.1 Å². The van der Waals surface area contributed by atoms with E-state index >= 15 is 0 Å². The summed E-state index contributed by atoms with van der Waals surface area (Å²) in [6, 6.07) is 6.18. The van der Waals surface area contributed by atoms with Crippen LogP contribution >= 0.6 is 0 Å². The van der Waals surface area contributed by atoms with E-state index in [0.717, 1.165) is 19.5 Å². The van der Waals surface area contributed by atoms with Crippen molar-refractivity contribution in [2.75, 3.05) is 13.2 Å². The molecule has 0 aliphatic carbocycles. The lowest BCUT2D eigenvalue weighted by atomic mass is 9.82. The maximum atomic E-state index is 13.1. The molecule has 5 nitrogen and oxygen atoms in total. The molecular weight excluding hydrogens is 316 g/mol. The van der Waals surface area contributed by atoms with Gasteiger partial charge in [0.25, 0.3) is 0 Å². The van der Waals surface area contributed by atoms with Crippen molar-refractivity contribution in [3.8, 4) is 0 Å². The average Bonchev–Trinajstić information content (AvgIpc) is 3.01. The minimum atomic E-state index is -0.498. The maximum Gasteiger partial charge on any atom is 0.416 e. The molecule has 25 heavy (non-hydrogen) atoms. The van der Waals surface area contributed by atoms with Gasteiger partial charge in [0.2, 0.25) is 5.91 Å². The fraction of sp³-hybridized carbons (Fsp3) is 0.600. The van der Waals surface area contributed by atoms with E-state index < -0.39 is 6.09 Å². The molecule has 2 heterocycles. The Balaban J connectivity index is 1.84. The van der Waals surface area contributed by atoms with Gasteiger partial charge in [0.15, 0.2) is 0 Å². The monoisotopic (exact) mass is 344 g/mol. The lowest BCUT2D eigenvalue weighted by Crippen LogP contribution is -2.45. The molecule has 1 N–H and O–H groups in total. The summed E-state index contributed by atoms with van der Waals surface area (Å²) in [7, 11) is 0. The normalized spacial score (nSPS) is 22.5. The summed E-state index contributed by atoms with van der Waals surface area (Å²) in [5, 5.41) is 3.39. The van der Waals surface area contributed by atoms with Gasteiger partial charge in [-0.1, -0.05) is 45.9 Å². The summed E-state index contributed by atoms with van der Waals surface area (Å²) in [5.74, 6) is -0.149. The fourth-order valence-corrected chi connectivity index (χ4v) is 3.87. The third kappa shape index (κ3) is 3.30. The highest BCUT2D eigenvalue weighted by Crippen LogP contribution is 2.33. The minimum Gasteiger partial charge on any atom is -0.447 e. The zero-order valence-electron chi connectivity index (χ0n) is 15.5. The van der Waals surface area contributed by atoms with E-state index in [9.17, 15) is 9.59 Å². The van der Waals surface area contributed by atoms with Gasteiger partial charge in [-0.05, 0) is 41.5 Å². The van der Waals surface area contributed by atoms with E-state index in [1.54, 1.807) is 0 Å². The van der Waals surface area contributed by atoms with Crippen molar-refractivity contribution in [1.82, 2.24) is 10.2 Å². The Hall–Kier alpha value is -1.88. The maximum absolute atomic E-state index is 13.1. The van der Waals surface area contributed by atoms with E-state index in [0.29, 0.717) is 6.61 Å². The van der Waals surface area contributed by atoms with Gasteiger partial charge in [0.1, 0.15) is 6.61 Å². The Morgan fingerprint density at radius 3 is 2.76 bits per heavy atom. The molecule has 0 spiro atoms. The standard InChI is InChI=1S/C20H28N2O3/c1-12(2)18-11-25-20(24)22(18)19(23)14(4)13(3)16-7-5-6-15-10-21-9-8-17(15)16/h5-7,12-14,18,21H,8-11H2,1-4H3/t13-,14+,18-/m1/s1. The SMILES string of the molecule is CC(C)[C@H]1COC(=O)N1C(=O)[C@@H](C)[C@@H](C)c1cccc2c1CCNC2. The Labute approximate surface area is 149 Å². The molecule has 1 aromatic rings. The van der Waals surface area contributed by atoms with Crippen molar-refractivity contribution in [3.05, 3.63) is 34.9 Å². The number of rotatable bonds is 4. The van der Waals surface area contributed by atoms with Crippen LogP contribution in [0.25, 0.3) is 0 Å². The summed E-state index contributed by atoms with van der Waals surface area (Å²) in [5.41, 5.74) is 3.90. The topological polar surface area (TPSA) is 58.6 Å². The number of ether oxygens (including phenoxy) is 1. The van der Waals surface area contributed by atoms with Crippen molar-refractivity contribution in [2.24, 2.45) is 11.8 Å². The van der Waals surface area contributed by atoms with E-state index in [4.69, 9.17) is 4.74 Å². The van der Waals surface area contributed by atoms with Crippen molar-refractivity contribution in [1.29, 1.82) is 0 Å². The Kier molecular flexibility index (Phi) is 5.13. The van der Waals surface area contributed by atoms with Crippen molar-refractivity contribution < 1.29 is 14.3 Å². The smallest absolute Gasteiger partial charge is 0.416 e. The van der Waals surface area contributed by atoms with Gasteiger partial charge in [-0.2, -0.15) is 0 Å². The van der Waals surface area contributed by atoms with Gasteiger partial charge in [-0.15, -0.1) is 0 Å². The number of benzene rings is 1. The third-order valence-electron chi connectivity index (χ3n) is 5.72. The number of imide groups is 1. The van der Waals surface area contributed by atoms with Gasteiger partial charge in [-0.25, -0.2) is 9.69 Å². The van der Waals surface area contributed by atoms with Gasteiger partial charge in [-0.3, -0.25) is 4.79 Å². The number of carbonyl (C=O) groups excluding carboxylic acids is 2. The molecule has 0 aromatic heterocycles. The summed E-state index contributed by atoms with van der Waals surface area (Å²) in [6.07, 6.45) is 0.485. The van der Waals surface area contributed by atoms with Crippen LogP contribution in [0.5, 0.6) is 0 Å². The molecule has 0 bridgehead atoms. The third-order valence-corrected chi connectivity index (χ3v) is 5.72. The molecule has 0 unspecified atom stereocenters. The van der Waals surface area contributed by atoms with E-state index in [1.807, 2.05) is 20.8 Å². The number of nitrogens with zero attached hydrogens (tertiary/aromatic N) is 1. The summed E-state index contributed by atoms with van der Waals surface area (Å²) < 4.78 is 5.14. The van der Waals surface area contributed by atoms with Crippen molar-refractivity contribution in [3.63, 3.8) is 0 Å². The van der Waals surface area contributed by atoms with Gasteiger partial charge >= 0.3 is 6.09 Å². The quantitative estimate of drug-likeness (QED) is 0.912. The van der Waals surface area contributed by atoms with Crippen LogP contribution in [0.15, 0.2) is 18.2 Å². The zero-order valence-corrected chi connectivity index (χ0v) is 15.5. The van der Waals surface area contributed by atoms with Crippen LogP contribution in [0.1, 0.15) is 50.3 Å². The molecule has 2 amide bonds. The molecule has 136 valence electrons.